The summed E-state index contributed by atoms with van der Waals surface area (Å²) in [5, 5.41) is 10.3. The molecule has 2 rings (SSSR count). The maximum atomic E-state index is 4.44. The van der Waals surface area contributed by atoms with Crippen molar-refractivity contribution in [3.05, 3.63) is 22.1 Å². The summed E-state index contributed by atoms with van der Waals surface area (Å²) in [6, 6.07) is 1.91. The van der Waals surface area contributed by atoms with E-state index in [1.54, 1.807) is 11.3 Å². The van der Waals surface area contributed by atoms with E-state index in [2.05, 4.69) is 31.0 Å². The van der Waals surface area contributed by atoms with E-state index in [0.717, 1.165) is 40.5 Å². The average Bonchev–Trinajstić information content (AvgIpc) is 2.84. The molecule has 0 spiro atoms. The minimum absolute atomic E-state index is 0.763. The third kappa shape index (κ3) is 4.07. The molecule has 5 nitrogen and oxygen atoms in total. The van der Waals surface area contributed by atoms with Gasteiger partial charge in [0.1, 0.15) is 11.6 Å². The summed E-state index contributed by atoms with van der Waals surface area (Å²) in [5.41, 5.74) is 1.09. The van der Waals surface area contributed by atoms with Gasteiger partial charge in [-0.1, -0.05) is 11.8 Å². The summed E-state index contributed by atoms with van der Waals surface area (Å²) in [4.78, 5) is 13.2. The summed E-state index contributed by atoms with van der Waals surface area (Å²) in [5.74, 6) is 1.67. The molecule has 2 aromatic heterocycles. The molecular formula is C12H17N5S2. The van der Waals surface area contributed by atoms with Crippen LogP contribution in [0.3, 0.4) is 0 Å². The molecule has 0 aliphatic heterocycles. The fourth-order valence-electron chi connectivity index (χ4n) is 1.55. The number of aryl methyl sites for hydroxylation is 1. The number of thiazole rings is 1. The highest BCUT2D eigenvalue weighted by molar-refractivity contribution is 7.98. The maximum Gasteiger partial charge on any atom is 0.191 e. The summed E-state index contributed by atoms with van der Waals surface area (Å²) in [6.45, 7) is 2.84. The predicted octanol–water partition coefficient (Wildman–Crippen LogP) is 2.66. The van der Waals surface area contributed by atoms with E-state index in [-0.39, 0.29) is 0 Å². The number of rotatable bonds is 6. The molecule has 0 aliphatic carbocycles. The number of nitrogens with one attached hydrogen (secondary N) is 2. The van der Waals surface area contributed by atoms with Gasteiger partial charge < -0.3 is 10.6 Å². The van der Waals surface area contributed by atoms with Crippen molar-refractivity contribution in [1.29, 1.82) is 0 Å². The number of thioether (sulfide) groups is 1. The lowest BCUT2D eigenvalue weighted by atomic mass is 10.4. The van der Waals surface area contributed by atoms with Gasteiger partial charge in [-0.25, -0.2) is 15.0 Å². The Morgan fingerprint density at radius 1 is 1.26 bits per heavy atom. The maximum absolute atomic E-state index is 4.44. The monoisotopic (exact) mass is 295 g/mol. The normalized spacial score (nSPS) is 10.5. The Hall–Kier alpha value is -1.34. The Balaban J connectivity index is 1.95. The van der Waals surface area contributed by atoms with Crippen LogP contribution in [0.15, 0.2) is 16.6 Å². The Kier molecular flexibility index (Phi) is 4.98. The van der Waals surface area contributed by atoms with Gasteiger partial charge in [-0.05, 0) is 13.2 Å². The van der Waals surface area contributed by atoms with E-state index in [1.165, 1.54) is 11.8 Å². The second-order valence-corrected chi connectivity index (χ2v) is 5.65. The van der Waals surface area contributed by atoms with Crippen molar-refractivity contribution in [2.75, 3.05) is 30.5 Å². The van der Waals surface area contributed by atoms with Crippen LogP contribution in [0.5, 0.6) is 0 Å². The molecule has 7 heteroatoms. The standard InChI is InChI=1S/C12H17N5S2/c1-8-7-19-11(15-8)4-5-14-10-6-9(13-2)16-12(17-10)18-3/h6-7H,4-5H2,1-3H3,(H2,13,14,16,17). The topological polar surface area (TPSA) is 62.7 Å². The van der Waals surface area contributed by atoms with Crippen LogP contribution in [-0.4, -0.2) is 34.8 Å². The van der Waals surface area contributed by atoms with Crippen LogP contribution in [0.1, 0.15) is 10.7 Å². The lowest BCUT2D eigenvalue weighted by molar-refractivity contribution is 0.935. The van der Waals surface area contributed by atoms with Crippen LogP contribution in [0.2, 0.25) is 0 Å². The highest BCUT2D eigenvalue weighted by atomic mass is 32.2. The van der Waals surface area contributed by atoms with E-state index < -0.39 is 0 Å². The second kappa shape index (κ2) is 6.72. The molecule has 2 N–H and O–H groups in total. The summed E-state index contributed by atoms with van der Waals surface area (Å²) >= 11 is 3.23. The van der Waals surface area contributed by atoms with Crippen molar-refractivity contribution in [1.82, 2.24) is 15.0 Å². The van der Waals surface area contributed by atoms with Crippen LogP contribution in [-0.2, 0) is 6.42 Å². The lowest BCUT2D eigenvalue weighted by Crippen LogP contribution is -2.08. The van der Waals surface area contributed by atoms with Crippen LogP contribution in [0.25, 0.3) is 0 Å². The highest BCUT2D eigenvalue weighted by Crippen LogP contribution is 2.17. The first-order chi connectivity index (χ1) is 9.21. The van der Waals surface area contributed by atoms with Crippen LogP contribution >= 0.6 is 23.1 Å². The molecule has 102 valence electrons. The Morgan fingerprint density at radius 2 is 2.05 bits per heavy atom. The molecule has 0 unspecified atom stereocenters. The zero-order chi connectivity index (χ0) is 13.7. The average molecular weight is 295 g/mol. The SMILES string of the molecule is CNc1cc(NCCc2nc(C)cs2)nc(SC)n1. The van der Waals surface area contributed by atoms with Gasteiger partial charge in [0.05, 0.1) is 5.01 Å². The van der Waals surface area contributed by atoms with Crippen LogP contribution in [0, 0.1) is 6.92 Å². The van der Waals surface area contributed by atoms with E-state index in [4.69, 9.17) is 0 Å². The molecule has 0 atom stereocenters. The third-order valence-corrected chi connectivity index (χ3v) is 4.03. The zero-order valence-electron chi connectivity index (χ0n) is 11.2. The van der Waals surface area contributed by atoms with Gasteiger partial charge in [0.2, 0.25) is 0 Å². The molecule has 0 fully saturated rings. The molecule has 0 aliphatic rings. The van der Waals surface area contributed by atoms with Gasteiger partial charge in [0.15, 0.2) is 5.16 Å². The van der Waals surface area contributed by atoms with Crippen molar-refractivity contribution in [2.45, 2.75) is 18.5 Å². The first kappa shape index (κ1) is 14.1. The first-order valence-electron chi connectivity index (χ1n) is 5.97. The molecule has 0 aromatic carbocycles. The van der Waals surface area contributed by atoms with Crippen LogP contribution < -0.4 is 10.6 Å². The van der Waals surface area contributed by atoms with Gasteiger partial charge >= 0.3 is 0 Å². The van der Waals surface area contributed by atoms with Gasteiger partial charge in [0, 0.05) is 37.2 Å². The van der Waals surface area contributed by atoms with E-state index in [1.807, 2.05) is 26.3 Å². The molecule has 2 aromatic rings. The van der Waals surface area contributed by atoms with E-state index >= 15 is 0 Å². The Labute approximate surface area is 121 Å². The van der Waals surface area contributed by atoms with Crippen molar-refractivity contribution < 1.29 is 0 Å². The van der Waals surface area contributed by atoms with Crippen molar-refractivity contribution in [3.8, 4) is 0 Å². The largest absolute Gasteiger partial charge is 0.373 e. The number of hydrogen-bond donors (Lipinski definition) is 2. The minimum Gasteiger partial charge on any atom is -0.373 e. The molecular weight excluding hydrogens is 278 g/mol. The van der Waals surface area contributed by atoms with E-state index in [9.17, 15) is 0 Å². The first-order valence-corrected chi connectivity index (χ1v) is 8.07. The lowest BCUT2D eigenvalue weighted by Gasteiger charge is -2.08. The quantitative estimate of drug-likeness (QED) is 0.631. The van der Waals surface area contributed by atoms with Gasteiger partial charge in [-0.15, -0.1) is 11.3 Å². The number of hydrogen-bond acceptors (Lipinski definition) is 7. The van der Waals surface area contributed by atoms with Gasteiger partial charge in [0.25, 0.3) is 0 Å². The summed E-state index contributed by atoms with van der Waals surface area (Å²) in [6.07, 6.45) is 2.88. The number of anilines is 2. The van der Waals surface area contributed by atoms with Gasteiger partial charge in [-0.2, -0.15) is 0 Å². The number of nitrogens with zero attached hydrogens (tertiary/aromatic N) is 3. The molecule has 2 heterocycles. The molecule has 0 amide bonds. The number of aromatic nitrogens is 3. The predicted molar refractivity (Wildman–Crippen MR) is 82.4 cm³/mol. The fourth-order valence-corrected chi connectivity index (χ4v) is 2.71. The fraction of sp³-hybridized carbons (Fsp3) is 0.417. The molecule has 0 radical (unpaired) electrons. The third-order valence-electron chi connectivity index (χ3n) is 2.46. The van der Waals surface area contributed by atoms with E-state index in [0.29, 0.717) is 0 Å². The molecule has 19 heavy (non-hydrogen) atoms. The summed E-state index contributed by atoms with van der Waals surface area (Å²) < 4.78 is 0. The zero-order valence-corrected chi connectivity index (χ0v) is 12.9. The minimum atomic E-state index is 0.763. The Bertz CT molecular complexity index is 518. The van der Waals surface area contributed by atoms with Crippen molar-refractivity contribution in [2.24, 2.45) is 0 Å². The smallest absolute Gasteiger partial charge is 0.191 e. The van der Waals surface area contributed by atoms with Crippen molar-refractivity contribution in [3.63, 3.8) is 0 Å². The molecule has 0 saturated carbocycles. The van der Waals surface area contributed by atoms with Crippen LogP contribution in [0.4, 0.5) is 11.6 Å². The van der Waals surface area contributed by atoms with Crippen molar-refractivity contribution >= 4 is 34.7 Å². The molecule has 0 bridgehead atoms. The van der Waals surface area contributed by atoms with Gasteiger partial charge in [-0.3, -0.25) is 0 Å². The molecule has 0 saturated heterocycles. The Morgan fingerprint density at radius 3 is 2.68 bits per heavy atom. The summed E-state index contributed by atoms with van der Waals surface area (Å²) in [7, 11) is 1.86. The highest BCUT2D eigenvalue weighted by Gasteiger charge is 2.03. The second-order valence-electron chi connectivity index (χ2n) is 3.93.